The van der Waals surface area contributed by atoms with Crippen molar-refractivity contribution in [3.63, 3.8) is 0 Å². The van der Waals surface area contributed by atoms with E-state index in [2.05, 4.69) is 10.3 Å². The molecule has 0 atom stereocenters. The smallest absolute Gasteiger partial charge is 0.324 e. The molecule has 1 aliphatic rings. The molecule has 0 saturated carbocycles. The van der Waals surface area contributed by atoms with Gasteiger partial charge in [0.05, 0.1) is 18.6 Å². The Morgan fingerprint density at radius 3 is 2.83 bits per heavy atom. The molecule has 2 aromatic rings. The first-order chi connectivity index (χ1) is 8.75. The van der Waals surface area contributed by atoms with Crippen LogP contribution in [-0.4, -0.2) is 28.4 Å². The summed E-state index contributed by atoms with van der Waals surface area (Å²) in [5.41, 5.74) is 1.70. The van der Waals surface area contributed by atoms with Crippen LogP contribution in [0, 0.1) is 0 Å². The molecule has 3 amide bonds. The average molecular weight is 241 g/mol. The fourth-order valence-electron chi connectivity index (χ4n) is 2.08. The summed E-state index contributed by atoms with van der Waals surface area (Å²) in [6, 6.07) is 9.22. The molecular weight excluding hydrogens is 230 g/mol. The van der Waals surface area contributed by atoms with Crippen LogP contribution in [0.5, 0.6) is 0 Å². The largest absolute Gasteiger partial charge is 0.329 e. The molecule has 5 heteroatoms. The quantitative estimate of drug-likeness (QED) is 0.806. The number of benzene rings is 1. The molecule has 0 unspecified atom stereocenters. The molecule has 1 aromatic carbocycles. The predicted octanol–water partition coefficient (Wildman–Crippen LogP) is 1.29. The summed E-state index contributed by atoms with van der Waals surface area (Å²) < 4.78 is 0. The minimum Gasteiger partial charge on any atom is -0.329 e. The van der Waals surface area contributed by atoms with Crippen LogP contribution in [-0.2, 0) is 11.3 Å². The normalized spacial score (nSPS) is 15.2. The topological polar surface area (TPSA) is 62.3 Å². The van der Waals surface area contributed by atoms with Crippen molar-refractivity contribution < 1.29 is 9.59 Å². The molecule has 1 saturated heterocycles. The average Bonchev–Trinajstić information content (AvgIpc) is 2.71. The number of hydrogen-bond acceptors (Lipinski definition) is 3. The van der Waals surface area contributed by atoms with Gasteiger partial charge in [0.1, 0.15) is 0 Å². The van der Waals surface area contributed by atoms with Crippen molar-refractivity contribution in [2.45, 2.75) is 6.54 Å². The van der Waals surface area contributed by atoms with Gasteiger partial charge in [0.15, 0.2) is 0 Å². The van der Waals surface area contributed by atoms with Crippen LogP contribution in [0.4, 0.5) is 4.79 Å². The Morgan fingerprint density at radius 2 is 2.06 bits per heavy atom. The number of pyridine rings is 1. The van der Waals surface area contributed by atoms with Gasteiger partial charge in [-0.25, -0.2) is 4.79 Å². The molecule has 1 aliphatic heterocycles. The Labute approximate surface area is 103 Å². The van der Waals surface area contributed by atoms with Crippen molar-refractivity contribution >= 4 is 22.8 Å². The van der Waals surface area contributed by atoms with E-state index in [9.17, 15) is 9.59 Å². The number of para-hydroxylation sites is 1. The monoisotopic (exact) mass is 241 g/mol. The second-order valence-electron chi connectivity index (χ2n) is 4.13. The van der Waals surface area contributed by atoms with E-state index < -0.39 is 0 Å². The Balaban J connectivity index is 2.00. The van der Waals surface area contributed by atoms with Crippen LogP contribution in [0.2, 0.25) is 0 Å². The lowest BCUT2D eigenvalue weighted by Gasteiger charge is -2.13. The highest BCUT2D eigenvalue weighted by atomic mass is 16.2. The van der Waals surface area contributed by atoms with Gasteiger partial charge in [0, 0.05) is 11.6 Å². The van der Waals surface area contributed by atoms with E-state index in [1.165, 1.54) is 4.90 Å². The van der Waals surface area contributed by atoms with Crippen molar-refractivity contribution in [2.24, 2.45) is 0 Å². The number of carbonyl (C=O) groups excluding carboxylic acids is 2. The number of nitrogens with one attached hydrogen (secondary N) is 1. The zero-order valence-corrected chi connectivity index (χ0v) is 9.59. The summed E-state index contributed by atoms with van der Waals surface area (Å²) >= 11 is 0. The van der Waals surface area contributed by atoms with Gasteiger partial charge in [-0.15, -0.1) is 0 Å². The molecule has 0 spiro atoms. The van der Waals surface area contributed by atoms with Crippen molar-refractivity contribution in [3.05, 3.63) is 42.1 Å². The number of imide groups is 1. The summed E-state index contributed by atoms with van der Waals surface area (Å²) in [4.78, 5) is 28.6. The third kappa shape index (κ3) is 1.69. The van der Waals surface area contributed by atoms with Crippen LogP contribution in [0.25, 0.3) is 10.9 Å². The van der Waals surface area contributed by atoms with Gasteiger partial charge in [0.25, 0.3) is 0 Å². The van der Waals surface area contributed by atoms with E-state index >= 15 is 0 Å². The Hall–Kier alpha value is -2.43. The summed E-state index contributed by atoms with van der Waals surface area (Å²) in [6.07, 6.45) is 1.71. The van der Waals surface area contributed by atoms with Crippen molar-refractivity contribution in [1.29, 1.82) is 0 Å². The number of fused-ring (bicyclic) bond motifs is 1. The number of nitrogens with zero attached hydrogens (tertiary/aromatic N) is 2. The number of hydrogen-bond donors (Lipinski definition) is 1. The van der Waals surface area contributed by atoms with Crippen molar-refractivity contribution in [1.82, 2.24) is 15.2 Å². The molecule has 18 heavy (non-hydrogen) atoms. The number of carbonyl (C=O) groups is 2. The second-order valence-corrected chi connectivity index (χ2v) is 4.13. The lowest BCUT2D eigenvalue weighted by Crippen LogP contribution is -2.30. The molecule has 1 N–H and O–H groups in total. The third-order valence-corrected chi connectivity index (χ3v) is 2.98. The zero-order valence-electron chi connectivity index (χ0n) is 9.59. The first kappa shape index (κ1) is 10.7. The van der Waals surface area contributed by atoms with Crippen LogP contribution < -0.4 is 5.32 Å². The molecule has 0 radical (unpaired) electrons. The predicted molar refractivity (Wildman–Crippen MR) is 65.7 cm³/mol. The van der Waals surface area contributed by atoms with E-state index in [0.29, 0.717) is 0 Å². The van der Waals surface area contributed by atoms with Gasteiger partial charge in [-0.3, -0.25) is 14.7 Å². The molecule has 3 rings (SSSR count). The molecule has 0 bridgehead atoms. The fraction of sp³-hybridized carbons (Fsp3) is 0.154. The second kappa shape index (κ2) is 4.10. The van der Waals surface area contributed by atoms with Gasteiger partial charge in [-0.05, 0) is 11.6 Å². The first-order valence-electron chi connectivity index (χ1n) is 5.66. The van der Waals surface area contributed by atoms with E-state index in [1.807, 2.05) is 30.3 Å². The van der Waals surface area contributed by atoms with E-state index in [-0.39, 0.29) is 25.0 Å². The standard InChI is InChI=1S/C13H11N3O2/c17-11-7-15-13(18)16(11)8-10-4-1-3-9-5-2-6-14-12(9)10/h1-6H,7-8H2,(H,15,18). The van der Waals surface area contributed by atoms with Crippen LogP contribution in [0.15, 0.2) is 36.5 Å². The lowest BCUT2D eigenvalue weighted by molar-refractivity contribution is -0.125. The Kier molecular flexibility index (Phi) is 2.44. The fourth-order valence-corrected chi connectivity index (χ4v) is 2.08. The maximum Gasteiger partial charge on any atom is 0.324 e. The molecule has 1 fully saturated rings. The number of amides is 3. The SMILES string of the molecule is O=C1CNC(=O)N1Cc1cccc2cccnc12. The number of urea groups is 1. The summed E-state index contributed by atoms with van der Waals surface area (Å²) in [7, 11) is 0. The summed E-state index contributed by atoms with van der Waals surface area (Å²) in [5, 5.41) is 3.51. The van der Waals surface area contributed by atoms with Crippen LogP contribution in [0.1, 0.15) is 5.56 Å². The Bertz CT molecular complexity index is 618. The van der Waals surface area contributed by atoms with Gasteiger partial charge < -0.3 is 5.32 Å². The minimum absolute atomic E-state index is 0.0804. The van der Waals surface area contributed by atoms with Gasteiger partial charge in [0.2, 0.25) is 5.91 Å². The zero-order chi connectivity index (χ0) is 12.5. The van der Waals surface area contributed by atoms with Gasteiger partial charge in [-0.1, -0.05) is 24.3 Å². The molecule has 5 nitrogen and oxygen atoms in total. The molecular formula is C13H11N3O2. The summed E-state index contributed by atoms with van der Waals surface area (Å²) in [5.74, 6) is -0.201. The molecule has 0 aliphatic carbocycles. The lowest BCUT2D eigenvalue weighted by atomic mass is 10.1. The third-order valence-electron chi connectivity index (χ3n) is 2.98. The summed E-state index contributed by atoms with van der Waals surface area (Å²) in [6.45, 7) is 0.343. The Morgan fingerprint density at radius 1 is 1.22 bits per heavy atom. The molecule has 2 heterocycles. The van der Waals surface area contributed by atoms with E-state index in [4.69, 9.17) is 0 Å². The van der Waals surface area contributed by atoms with E-state index in [0.717, 1.165) is 16.5 Å². The highest BCUT2D eigenvalue weighted by Gasteiger charge is 2.28. The van der Waals surface area contributed by atoms with Crippen LogP contribution >= 0.6 is 0 Å². The van der Waals surface area contributed by atoms with Crippen molar-refractivity contribution in [2.75, 3.05) is 6.54 Å². The number of aromatic nitrogens is 1. The molecule has 90 valence electrons. The maximum absolute atomic E-state index is 11.5. The first-order valence-corrected chi connectivity index (χ1v) is 5.66. The van der Waals surface area contributed by atoms with Gasteiger partial charge >= 0.3 is 6.03 Å². The highest BCUT2D eigenvalue weighted by Crippen LogP contribution is 2.18. The van der Waals surface area contributed by atoms with Crippen molar-refractivity contribution in [3.8, 4) is 0 Å². The van der Waals surface area contributed by atoms with Crippen LogP contribution in [0.3, 0.4) is 0 Å². The van der Waals surface area contributed by atoms with E-state index in [1.54, 1.807) is 6.20 Å². The maximum atomic E-state index is 11.5. The highest BCUT2D eigenvalue weighted by molar-refractivity contribution is 6.02. The minimum atomic E-state index is -0.340. The van der Waals surface area contributed by atoms with Gasteiger partial charge in [-0.2, -0.15) is 0 Å². The number of rotatable bonds is 2. The molecule has 1 aromatic heterocycles.